The van der Waals surface area contributed by atoms with Crippen LogP contribution in [0.2, 0.25) is 0 Å². The minimum absolute atomic E-state index is 0.0787. The number of carbonyl (C=O) groups is 2. The predicted molar refractivity (Wildman–Crippen MR) is 90.4 cm³/mol. The lowest BCUT2D eigenvalue weighted by Gasteiger charge is -2.17. The second-order valence-corrected chi connectivity index (χ2v) is 5.74. The third-order valence-corrected chi connectivity index (χ3v) is 3.99. The summed E-state index contributed by atoms with van der Waals surface area (Å²) < 4.78 is 0. The maximum Gasteiger partial charge on any atom is 0.251 e. The Balaban J connectivity index is 1.81. The maximum absolute atomic E-state index is 12.3. The second-order valence-electron chi connectivity index (χ2n) is 5.74. The zero-order valence-electron chi connectivity index (χ0n) is 13.2. The van der Waals surface area contributed by atoms with Gasteiger partial charge in [0.1, 0.15) is 0 Å². The van der Waals surface area contributed by atoms with E-state index in [1.807, 2.05) is 49.4 Å². The third kappa shape index (κ3) is 3.26. The minimum atomic E-state index is -0.0800. The average Bonchev–Trinajstić information content (AvgIpc) is 2.88. The number of nitrogens with zero attached hydrogens (tertiary/aromatic N) is 1. The van der Waals surface area contributed by atoms with E-state index < -0.39 is 0 Å². The number of hydrogen-bond acceptors (Lipinski definition) is 2. The first-order valence-corrected chi connectivity index (χ1v) is 7.94. The van der Waals surface area contributed by atoms with Gasteiger partial charge in [0.25, 0.3) is 5.91 Å². The van der Waals surface area contributed by atoms with Crippen LogP contribution in [0.15, 0.2) is 48.5 Å². The molecule has 1 N–H and O–H groups in total. The van der Waals surface area contributed by atoms with Crippen molar-refractivity contribution in [1.82, 2.24) is 5.32 Å². The molecule has 0 spiro atoms. The average molecular weight is 308 g/mol. The Labute approximate surface area is 136 Å². The van der Waals surface area contributed by atoms with Gasteiger partial charge < -0.3 is 10.2 Å². The van der Waals surface area contributed by atoms with E-state index in [0.29, 0.717) is 25.1 Å². The van der Waals surface area contributed by atoms with E-state index in [9.17, 15) is 9.59 Å². The fourth-order valence-corrected chi connectivity index (χ4v) is 2.80. The fraction of sp³-hybridized carbons (Fsp3) is 0.263. The standard InChI is InChI=1S/C19H20N2O2/c1-2-10-20-19(23)15-8-9-17-16(11-15)12-18(22)21(17)13-14-6-4-3-5-7-14/h3-9,11H,2,10,12-13H2,1H3,(H,20,23). The van der Waals surface area contributed by atoms with Crippen molar-refractivity contribution < 1.29 is 9.59 Å². The van der Waals surface area contributed by atoms with E-state index in [0.717, 1.165) is 23.2 Å². The normalized spacial score (nSPS) is 13.1. The molecule has 3 rings (SSSR count). The molecular weight excluding hydrogens is 288 g/mol. The van der Waals surface area contributed by atoms with Crippen LogP contribution in [-0.2, 0) is 17.8 Å². The van der Waals surface area contributed by atoms with Crippen LogP contribution in [0.3, 0.4) is 0 Å². The summed E-state index contributed by atoms with van der Waals surface area (Å²) in [6, 6.07) is 15.4. The van der Waals surface area contributed by atoms with Gasteiger partial charge in [-0.05, 0) is 35.7 Å². The van der Waals surface area contributed by atoms with Crippen LogP contribution >= 0.6 is 0 Å². The van der Waals surface area contributed by atoms with Gasteiger partial charge >= 0.3 is 0 Å². The lowest BCUT2D eigenvalue weighted by Crippen LogP contribution is -2.26. The fourth-order valence-electron chi connectivity index (χ4n) is 2.80. The van der Waals surface area contributed by atoms with E-state index in [2.05, 4.69) is 5.32 Å². The van der Waals surface area contributed by atoms with E-state index in [1.54, 1.807) is 11.0 Å². The zero-order chi connectivity index (χ0) is 16.2. The predicted octanol–water partition coefficient (Wildman–Crippen LogP) is 2.92. The summed E-state index contributed by atoms with van der Waals surface area (Å²) in [7, 11) is 0. The van der Waals surface area contributed by atoms with E-state index in [-0.39, 0.29) is 11.8 Å². The largest absolute Gasteiger partial charge is 0.352 e. The molecule has 0 saturated heterocycles. The van der Waals surface area contributed by atoms with E-state index in [1.165, 1.54) is 0 Å². The smallest absolute Gasteiger partial charge is 0.251 e. The molecule has 0 radical (unpaired) electrons. The Kier molecular flexibility index (Phi) is 4.42. The van der Waals surface area contributed by atoms with Crippen LogP contribution in [0.25, 0.3) is 0 Å². The van der Waals surface area contributed by atoms with Gasteiger partial charge in [-0.2, -0.15) is 0 Å². The molecule has 4 nitrogen and oxygen atoms in total. The summed E-state index contributed by atoms with van der Waals surface area (Å²) in [5, 5.41) is 2.86. The molecule has 0 saturated carbocycles. The van der Waals surface area contributed by atoms with Crippen LogP contribution < -0.4 is 10.2 Å². The first-order valence-electron chi connectivity index (χ1n) is 7.94. The molecule has 2 aromatic rings. The molecule has 23 heavy (non-hydrogen) atoms. The number of amides is 2. The summed E-state index contributed by atoms with van der Waals surface area (Å²) in [6.45, 7) is 3.24. The number of benzene rings is 2. The zero-order valence-corrected chi connectivity index (χ0v) is 13.2. The summed E-state index contributed by atoms with van der Waals surface area (Å²) in [6.07, 6.45) is 1.26. The lowest BCUT2D eigenvalue weighted by molar-refractivity contribution is -0.117. The maximum atomic E-state index is 12.3. The minimum Gasteiger partial charge on any atom is -0.352 e. The molecule has 0 aromatic heterocycles. The first kappa shape index (κ1) is 15.3. The highest BCUT2D eigenvalue weighted by Gasteiger charge is 2.27. The van der Waals surface area contributed by atoms with Gasteiger partial charge in [-0.25, -0.2) is 0 Å². The Hall–Kier alpha value is -2.62. The van der Waals surface area contributed by atoms with Crippen molar-refractivity contribution >= 4 is 17.5 Å². The van der Waals surface area contributed by atoms with Crippen LogP contribution in [-0.4, -0.2) is 18.4 Å². The first-order chi connectivity index (χ1) is 11.2. The highest BCUT2D eigenvalue weighted by Crippen LogP contribution is 2.31. The van der Waals surface area contributed by atoms with Gasteiger partial charge in [0.2, 0.25) is 5.91 Å². The third-order valence-electron chi connectivity index (χ3n) is 3.99. The Morgan fingerprint density at radius 1 is 1.17 bits per heavy atom. The lowest BCUT2D eigenvalue weighted by atomic mass is 10.1. The van der Waals surface area contributed by atoms with E-state index in [4.69, 9.17) is 0 Å². The van der Waals surface area contributed by atoms with Gasteiger partial charge in [-0.1, -0.05) is 37.3 Å². The topological polar surface area (TPSA) is 49.4 Å². The highest BCUT2D eigenvalue weighted by atomic mass is 16.2. The summed E-state index contributed by atoms with van der Waals surface area (Å²) in [5.74, 6) is -0.00132. The molecule has 1 aliphatic rings. The molecule has 0 bridgehead atoms. The molecule has 2 amide bonds. The Bertz CT molecular complexity index is 725. The highest BCUT2D eigenvalue weighted by molar-refractivity contribution is 6.03. The van der Waals surface area contributed by atoms with Crippen LogP contribution in [0.4, 0.5) is 5.69 Å². The van der Waals surface area contributed by atoms with Crippen molar-refractivity contribution in [3.8, 4) is 0 Å². The van der Waals surface area contributed by atoms with Gasteiger partial charge in [0, 0.05) is 17.8 Å². The molecule has 2 aromatic carbocycles. The molecule has 1 aliphatic heterocycles. The molecule has 0 atom stereocenters. The van der Waals surface area contributed by atoms with Gasteiger partial charge in [-0.15, -0.1) is 0 Å². The van der Waals surface area contributed by atoms with Crippen molar-refractivity contribution in [2.24, 2.45) is 0 Å². The Morgan fingerprint density at radius 2 is 1.96 bits per heavy atom. The van der Waals surface area contributed by atoms with Crippen molar-refractivity contribution in [3.05, 3.63) is 65.2 Å². The van der Waals surface area contributed by atoms with Crippen LogP contribution in [0.1, 0.15) is 34.8 Å². The number of anilines is 1. The molecule has 0 unspecified atom stereocenters. The van der Waals surface area contributed by atoms with Crippen molar-refractivity contribution in [2.75, 3.05) is 11.4 Å². The summed E-state index contributed by atoms with van der Waals surface area (Å²) >= 11 is 0. The summed E-state index contributed by atoms with van der Waals surface area (Å²) in [4.78, 5) is 26.2. The second kappa shape index (κ2) is 6.65. The van der Waals surface area contributed by atoms with Crippen molar-refractivity contribution in [2.45, 2.75) is 26.3 Å². The van der Waals surface area contributed by atoms with Gasteiger partial charge in [-0.3, -0.25) is 9.59 Å². The van der Waals surface area contributed by atoms with Crippen LogP contribution in [0.5, 0.6) is 0 Å². The molecular formula is C19H20N2O2. The number of nitrogens with one attached hydrogen (secondary N) is 1. The molecule has 1 heterocycles. The van der Waals surface area contributed by atoms with Gasteiger partial charge in [0.05, 0.1) is 13.0 Å². The number of rotatable bonds is 5. The quantitative estimate of drug-likeness (QED) is 0.923. The van der Waals surface area contributed by atoms with Gasteiger partial charge in [0.15, 0.2) is 0 Å². The molecule has 0 aliphatic carbocycles. The number of hydrogen-bond donors (Lipinski definition) is 1. The molecule has 0 fully saturated rings. The van der Waals surface area contributed by atoms with Crippen molar-refractivity contribution in [3.63, 3.8) is 0 Å². The van der Waals surface area contributed by atoms with Crippen molar-refractivity contribution in [1.29, 1.82) is 0 Å². The Morgan fingerprint density at radius 3 is 2.70 bits per heavy atom. The monoisotopic (exact) mass is 308 g/mol. The SMILES string of the molecule is CCCNC(=O)c1ccc2c(c1)CC(=O)N2Cc1ccccc1. The number of carbonyl (C=O) groups excluding carboxylic acids is 2. The molecule has 4 heteroatoms. The number of fused-ring (bicyclic) bond motifs is 1. The van der Waals surface area contributed by atoms with E-state index >= 15 is 0 Å². The summed E-state index contributed by atoms with van der Waals surface area (Å²) in [5.41, 5.74) is 3.55. The molecule has 118 valence electrons. The van der Waals surface area contributed by atoms with Crippen LogP contribution in [0, 0.1) is 0 Å².